The highest BCUT2D eigenvalue weighted by Gasteiger charge is 2.35. The fourth-order valence-electron chi connectivity index (χ4n) is 3.17. The highest BCUT2D eigenvalue weighted by molar-refractivity contribution is 6.31. The molecule has 1 aliphatic rings. The van der Waals surface area contributed by atoms with Crippen molar-refractivity contribution >= 4 is 23.9 Å². The lowest BCUT2D eigenvalue weighted by molar-refractivity contribution is -0.129. The SMILES string of the molecule is C=CCN1C(=O)NC(=O)C(=Cc2cc(C)n(-c3ccc(C)cc3)c2C)C1=O. The van der Waals surface area contributed by atoms with E-state index in [1.165, 1.54) is 17.7 Å². The normalized spacial score (nSPS) is 16.0. The van der Waals surface area contributed by atoms with E-state index in [0.717, 1.165) is 27.5 Å². The number of nitrogens with one attached hydrogen (secondary N) is 1. The van der Waals surface area contributed by atoms with Crippen molar-refractivity contribution in [3.8, 4) is 5.69 Å². The summed E-state index contributed by atoms with van der Waals surface area (Å²) in [7, 11) is 0. The second kappa shape index (κ2) is 7.07. The third kappa shape index (κ3) is 3.33. The van der Waals surface area contributed by atoms with Gasteiger partial charge in [0.15, 0.2) is 0 Å². The van der Waals surface area contributed by atoms with Gasteiger partial charge in [0.25, 0.3) is 11.8 Å². The maximum atomic E-state index is 12.6. The average Bonchev–Trinajstić information content (AvgIpc) is 2.90. The molecule has 0 bridgehead atoms. The zero-order chi connectivity index (χ0) is 19.7. The molecule has 2 aromatic rings. The highest BCUT2D eigenvalue weighted by Crippen LogP contribution is 2.24. The first-order valence-electron chi connectivity index (χ1n) is 8.59. The standard InChI is InChI=1S/C21H21N3O3/c1-5-10-23-20(26)18(19(25)22-21(23)27)12-16-11-14(3)24(15(16)4)17-8-6-13(2)7-9-17/h5-9,11-12H,1,10H2,2-4H3,(H,22,25,27). The Hall–Kier alpha value is -3.41. The van der Waals surface area contributed by atoms with Crippen molar-refractivity contribution in [2.45, 2.75) is 20.8 Å². The van der Waals surface area contributed by atoms with Crippen molar-refractivity contribution in [2.75, 3.05) is 6.54 Å². The first-order valence-corrected chi connectivity index (χ1v) is 8.59. The van der Waals surface area contributed by atoms with E-state index in [4.69, 9.17) is 0 Å². The maximum absolute atomic E-state index is 12.6. The lowest BCUT2D eigenvalue weighted by Gasteiger charge is -2.25. The van der Waals surface area contributed by atoms with Crippen molar-refractivity contribution in [1.29, 1.82) is 0 Å². The van der Waals surface area contributed by atoms with Crippen LogP contribution in [-0.2, 0) is 9.59 Å². The number of aromatic nitrogens is 1. The number of urea groups is 1. The molecule has 2 heterocycles. The minimum absolute atomic E-state index is 0.0394. The molecule has 1 aromatic heterocycles. The molecule has 27 heavy (non-hydrogen) atoms. The molecule has 6 heteroatoms. The molecule has 1 aromatic carbocycles. The number of hydrogen-bond donors (Lipinski definition) is 1. The van der Waals surface area contributed by atoms with E-state index in [9.17, 15) is 14.4 Å². The van der Waals surface area contributed by atoms with Crippen LogP contribution in [0.5, 0.6) is 0 Å². The van der Waals surface area contributed by atoms with Gasteiger partial charge in [0.2, 0.25) is 0 Å². The molecule has 0 unspecified atom stereocenters. The topological polar surface area (TPSA) is 71.4 Å². The summed E-state index contributed by atoms with van der Waals surface area (Å²) < 4.78 is 2.06. The number of benzene rings is 1. The Morgan fingerprint density at radius 2 is 1.74 bits per heavy atom. The second-order valence-corrected chi connectivity index (χ2v) is 6.52. The molecule has 0 aliphatic carbocycles. The Balaban J connectivity index is 2.04. The molecule has 1 aliphatic heterocycles. The van der Waals surface area contributed by atoms with Crippen LogP contribution in [0.25, 0.3) is 11.8 Å². The van der Waals surface area contributed by atoms with Crippen molar-refractivity contribution < 1.29 is 14.4 Å². The van der Waals surface area contributed by atoms with Crippen LogP contribution in [0.15, 0.2) is 48.6 Å². The number of barbiturate groups is 1. The molecule has 6 nitrogen and oxygen atoms in total. The smallest absolute Gasteiger partial charge is 0.318 e. The highest BCUT2D eigenvalue weighted by atomic mass is 16.2. The number of amides is 4. The van der Waals surface area contributed by atoms with Gasteiger partial charge in [-0.05, 0) is 50.6 Å². The van der Waals surface area contributed by atoms with Crippen LogP contribution in [0.1, 0.15) is 22.5 Å². The third-order valence-corrected chi connectivity index (χ3v) is 4.56. The summed E-state index contributed by atoms with van der Waals surface area (Å²) in [5.41, 5.74) is 4.73. The summed E-state index contributed by atoms with van der Waals surface area (Å²) >= 11 is 0. The summed E-state index contributed by atoms with van der Waals surface area (Å²) in [4.78, 5) is 37.6. The van der Waals surface area contributed by atoms with E-state index in [0.29, 0.717) is 0 Å². The third-order valence-electron chi connectivity index (χ3n) is 4.56. The Bertz CT molecular complexity index is 981. The zero-order valence-corrected chi connectivity index (χ0v) is 15.6. The molecular weight excluding hydrogens is 342 g/mol. The predicted octanol–water partition coefficient (Wildman–Crippen LogP) is 3.05. The lowest BCUT2D eigenvalue weighted by atomic mass is 10.1. The van der Waals surface area contributed by atoms with E-state index in [2.05, 4.69) is 16.5 Å². The van der Waals surface area contributed by atoms with Gasteiger partial charge in [0.1, 0.15) is 5.57 Å². The van der Waals surface area contributed by atoms with Gasteiger partial charge in [0.05, 0.1) is 0 Å². The number of hydrogen-bond acceptors (Lipinski definition) is 3. The van der Waals surface area contributed by atoms with Gasteiger partial charge < -0.3 is 4.57 Å². The van der Waals surface area contributed by atoms with Crippen LogP contribution in [-0.4, -0.2) is 33.9 Å². The largest absolute Gasteiger partial charge is 0.331 e. The molecule has 1 N–H and O–H groups in total. The molecule has 0 saturated carbocycles. The van der Waals surface area contributed by atoms with E-state index < -0.39 is 17.8 Å². The van der Waals surface area contributed by atoms with Gasteiger partial charge in [-0.3, -0.25) is 19.8 Å². The molecule has 3 rings (SSSR count). The monoisotopic (exact) mass is 363 g/mol. The first-order chi connectivity index (χ1) is 12.8. The minimum atomic E-state index is -0.729. The number of carbonyl (C=O) groups is 3. The zero-order valence-electron chi connectivity index (χ0n) is 15.6. The van der Waals surface area contributed by atoms with Crippen LogP contribution in [0.4, 0.5) is 4.79 Å². The maximum Gasteiger partial charge on any atom is 0.331 e. The Kier molecular flexibility index (Phi) is 4.81. The van der Waals surface area contributed by atoms with Crippen LogP contribution >= 0.6 is 0 Å². The summed E-state index contributed by atoms with van der Waals surface area (Å²) in [6.45, 7) is 9.50. The Morgan fingerprint density at radius 3 is 2.37 bits per heavy atom. The van der Waals surface area contributed by atoms with E-state index in [1.807, 2.05) is 51.1 Å². The van der Waals surface area contributed by atoms with Gasteiger partial charge in [-0.1, -0.05) is 23.8 Å². The van der Waals surface area contributed by atoms with E-state index in [-0.39, 0.29) is 12.1 Å². The number of imide groups is 2. The Morgan fingerprint density at radius 1 is 1.07 bits per heavy atom. The van der Waals surface area contributed by atoms with Crippen molar-refractivity contribution in [3.05, 3.63) is 71.1 Å². The van der Waals surface area contributed by atoms with Crippen LogP contribution in [0.2, 0.25) is 0 Å². The molecular formula is C21H21N3O3. The van der Waals surface area contributed by atoms with E-state index >= 15 is 0 Å². The average molecular weight is 363 g/mol. The molecule has 1 fully saturated rings. The summed E-state index contributed by atoms with van der Waals surface area (Å²) in [6.07, 6.45) is 2.97. The molecule has 0 radical (unpaired) electrons. The van der Waals surface area contributed by atoms with Gasteiger partial charge in [0, 0.05) is 23.6 Å². The van der Waals surface area contributed by atoms with Gasteiger partial charge >= 0.3 is 6.03 Å². The molecule has 1 saturated heterocycles. The minimum Gasteiger partial charge on any atom is -0.318 e. The second-order valence-electron chi connectivity index (χ2n) is 6.52. The van der Waals surface area contributed by atoms with Crippen molar-refractivity contribution in [3.63, 3.8) is 0 Å². The van der Waals surface area contributed by atoms with Crippen LogP contribution in [0.3, 0.4) is 0 Å². The van der Waals surface area contributed by atoms with Gasteiger partial charge in [-0.25, -0.2) is 4.79 Å². The fraction of sp³-hybridized carbons (Fsp3) is 0.190. The predicted molar refractivity (Wildman–Crippen MR) is 103 cm³/mol. The molecule has 4 amide bonds. The van der Waals surface area contributed by atoms with Crippen molar-refractivity contribution in [1.82, 2.24) is 14.8 Å². The lowest BCUT2D eigenvalue weighted by Crippen LogP contribution is -2.54. The van der Waals surface area contributed by atoms with Crippen LogP contribution in [0, 0.1) is 20.8 Å². The Labute approximate surface area is 157 Å². The van der Waals surface area contributed by atoms with Crippen molar-refractivity contribution in [2.24, 2.45) is 0 Å². The number of carbonyl (C=O) groups excluding carboxylic acids is 3. The number of rotatable bonds is 4. The summed E-state index contributed by atoms with van der Waals surface area (Å²) in [5.74, 6) is -1.31. The molecule has 138 valence electrons. The molecule has 0 atom stereocenters. The van der Waals surface area contributed by atoms with Gasteiger partial charge in [-0.2, -0.15) is 0 Å². The van der Waals surface area contributed by atoms with E-state index in [1.54, 1.807) is 0 Å². The summed E-state index contributed by atoms with van der Waals surface area (Å²) in [6, 6.07) is 9.29. The number of nitrogens with zero attached hydrogens (tertiary/aromatic N) is 2. The first kappa shape index (κ1) is 18.4. The van der Waals surface area contributed by atoms with Gasteiger partial charge in [-0.15, -0.1) is 6.58 Å². The molecule has 0 spiro atoms. The quantitative estimate of drug-likeness (QED) is 0.516. The number of aryl methyl sites for hydroxylation is 2. The fourth-order valence-corrected chi connectivity index (χ4v) is 3.17. The summed E-state index contributed by atoms with van der Waals surface area (Å²) in [5, 5.41) is 2.20. The van der Waals surface area contributed by atoms with Crippen LogP contribution < -0.4 is 5.32 Å².